The highest BCUT2D eigenvalue weighted by atomic mass is 19.4. The van der Waals surface area contributed by atoms with Gasteiger partial charge in [-0.05, 0) is 18.2 Å². The third kappa shape index (κ3) is 4.19. The number of fused-ring (bicyclic) bond motifs is 1. The first-order chi connectivity index (χ1) is 10.8. The van der Waals surface area contributed by atoms with Crippen molar-refractivity contribution in [2.24, 2.45) is 7.05 Å². The molecular formula is C16H16F3N3O. The Labute approximate surface area is 131 Å². The van der Waals surface area contributed by atoms with E-state index in [4.69, 9.17) is 6.42 Å². The summed E-state index contributed by atoms with van der Waals surface area (Å²) in [5, 5.41) is 3.29. The standard InChI is InChI=1S/C16H16F3N3O/c1-3-4-9-22(11-16(17,18)19)15(23)20-13-6-5-7-14-12(13)8-10-21(14)2/h1,5-8,10H,4,9,11H2,2H3,(H,20,23). The van der Waals surface area contributed by atoms with Crippen molar-refractivity contribution < 1.29 is 18.0 Å². The molecule has 2 amide bonds. The monoisotopic (exact) mass is 323 g/mol. The molecule has 0 unspecified atom stereocenters. The van der Waals surface area contributed by atoms with Gasteiger partial charge in [0.05, 0.1) is 5.69 Å². The van der Waals surface area contributed by atoms with E-state index in [-0.39, 0.29) is 13.0 Å². The van der Waals surface area contributed by atoms with Crippen LogP contribution in [0.25, 0.3) is 10.9 Å². The van der Waals surface area contributed by atoms with E-state index in [1.165, 1.54) is 0 Å². The van der Waals surface area contributed by atoms with Gasteiger partial charge in [0.25, 0.3) is 0 Å². The number of urea groups is 1. The second kappa shape index (κ2) is 6.65. The molecular weight excluding hydrogens is 307 g/mol. The Morgan fingerprint density at radius 3 is 2.78 bits per heavy atom. The summed E-state index contributed by atoms with van der Waals surface area (Å²) in [5.74, 6) is 2.24. The van der Waals surface area contributed by atoms with Crippen molar-refractivity contribution in [3.8, 4) is 12.3 Å². The molecule has 7 heteroatoms. The zero-order valence-electron chi connectivity index (χ0n) is 12.5. The molecule has 23 heavy (non-hydrogen) atoms. The van der Waals surface area contributed by atoms with Crippen LogP contribution in [0.3, 0.4) is 0 Å². The summed E-state index contributed by atoms with van der Waals surface area (Å²) in [6.07, 6.45) is 2.46. The SMILES string of the molecule is C#CCCN(CC(F)(F)F)C(=O)Nc1cccc2c1ccn2C. The van der Waals surface area contributed by atoms with E-state index in [1.807, 2.05) is 23.9 Å². The van der Waals surface area contributed by atoms with Gasteiger partial charge in [0.1, 0.15) is 6.54 Å². The summed E-state index contributed by atoms with van der Waals surface area (Å²) in [4.78, 5) is 12.9. The molecule has 0 spiro atoms. The third-order valence-corrected chi connectivity index (χ3v) is 3.35. The van der Waals surface area contributed by atoms with E-state index in [0.29, 0.717) is 10.6 Å². The Hall–Kier alpha value is -2.62. The Morgan fingerprint density at radius 2 is 2.13 bits per heavy atom. The van der Waals surface area contributed by atoms with Crippen LogP contribution in [0.2, 0.25) is 0 Å². The van der Waals surface area contributed by atoms with Crippen molar-refractivity contribution in [2.45, 2.75) is 12.6 Å². The largest absolute Gasteiger partial charge is 0.406 e. The highest BCUT2D eigenvalue weighted by molar-refractivity contribution is 6.00. The van der Waals surface area contributed by atoms with Gasteiger partial charge in [-0.15, -0.1) is 12.3 Å². The summed E-state index contributed by atoms with van der Waals surface area (Å²) >= 11 is 0. The molecule has 2 rings (SSSR count). The molecule has 1 aromatic heterocycles. The number of amides is 2. The average molecular weight is 323 g/mol. The molecule has 0 aliphatic heterocycles. The molecule has 122 valence electrons. The van der Waals surface area contributed by atoms with Gasteiger partial charge >= 0.3 is 12.2 Å². The van der Waals surface area contributed by atoms with Gasteiger partial charge in [-0.3, -0.25) is 0 Å². The first kappa shape index (κ1) is 16.7. The van der Waals surface area contributed by atoms with Gasteiger partial charge in [0.2, 0.25) is 0 Å². The van der Waals surface area contributed by atoms with E-state index in [1.54, 1.807) is 18.2 Å². The highest BCUT2D eigenvalue weighted by Crippen LogP contribution is 2.25. The van der Waals surface area contributed by atoms with Crippen LogP contribution in [0.5, 0.6) is 0 Å². The predicted molar refractivity (Wildman–Crippen MR) is 83.0 cm³/mol. The van der Waals surface area contributed by atoms with Crippen LogP contribution in [0.1, 0.15) is 6.42 Å². The lowest BCUT2D eigenvalue weighted by atomic mass is 10.2. The lowest BCUT2D eigenvalue weighted by molar-refractivity contribution is -0.139. The molecule has 0 saturated carbocycles. The Bertz CT molecular complexity index is 743. The number of hydrogen-bond acceptors (Lipinski definition) is 1. The minimum Gasteiger partial charge on any atom is -0.350 e. The van der Waals surface area contributed by atoms with Crippen LogP contribution in [-0.2, 0) is 7.05 Å². The van der Waals surface area contributed by atoms with Crippen LogP contribution in [0.15, 0.2) is 30.5 Å². The summed E-state index contributed by atoms with van der Waals surface area (Å²) in [6, 6.07) is 6.20. The molecule has 1 aromatic carbocycles. The van der Waals surface area contributed by atoms with Crippen LogP contribution in [0, 0.1) is 12.3 Å². The number of hydrogen-bond donors (Lipinski definition) is 1. The Balaban J connectivity index is 2.21. The van der Waals surface area contributed by atoms with Crippen molar-refractivity contribution in [3.05, 3.63) is 30.5 Å². The summed E-state index contributed by atoms with van der Waals surface area (Å²) in [5.41, 5.74) is 1.33. The topological polar surface area (TPSA) is 37.3 Å². The van der Waals surface area contributed by atoms with Crippen molar-refractivity contribution >= 4 is 22.6 Å². The van der Waals surface area contributed by atoms with Gasteiger partial charge in [-0.2, -0.15) is 13.2 Å². The van der Waals surface area contributed by atoms with Gasteiger partial charge < -0.3 is 14.8 Å². The van der Waals surface area contributed by atoms with Crippen molar-refractivity contribution in [2.75, 3.05) is 18.4 Å². The maximum atomic E-state index is 12.6. The van der Waals surface area contributed by atoms with Gasteiger partial charge in [-0.1, -0.05) is 6.07 Å². The van der Waals surface area contributed by atoms with Crippen molar-refractivity contribution in [3.63, 3.8) is 0 Å². The lowest BCUT2D eigenvalue weighted by Crippen LogP contribution is -2.42. The molecule has 0 aliphatic carbocycles. The van der Waals surface area contributed by atoms with Gasteiger partial charge in [0.15, 0.2) is 0 Å². The summed E-state index contributed by atoms with van der Waals surface area (Å²) in [7, 11) is 1.84. The molecule has 1 heterocycles. The van der Waals surface area contributed by atoms with E-state index < -0.39 is 18.8 Å². The molecule has 0 fully saturated rings. The zero-order valence-corrected chi connectivity index (χ0v) is 12.5. The number of terminal acetylenes is 1. The maximum Gasteiger partial charge on any atom is 0.406 e. The van der Waals surface area contributed by atoms with Crippen molar-refractivity contribution in [1.29, 1.82) is 0 Å². The molecule has 1 N–H and O–H groups in total. The second-order valence-corrected chi connectivity index (χ2v) is 5.09. The molecule has 2 aromatic rings. The molecule has 4 nitrogen and oxygen atoms in total. The average Bonchev–Trinajstić information content (AvgIpc) is 2.85. The van der Waals surface area contributed by atoms with Gasteiger partial charge in [0, 0.05) is 37.1 Å². The minimum absolute atomic E-state index is 0.0546. The smallest absolute Gasteiger partial charge is 0.350 e. The Morgan fingerprint density at radius 1 is 1.39 bits per heavy atom. The first-order valence-electron chi connectivity index (χ1n) is 6.92. The maximum absolute atomic E-state index is 12.6. The third-order valence-electron chi connectivity index (χ3n) is 3.35. The fourth-order valence-corrected chi connectivity index (χ4v) is 2.27. The van der Waals surface area contributed by atoms with E-state index in [2.05, 4.69) is 11.2 Å². The number of anilines is 1. The number of benzene rings is 1. The number of aromatic nitrogens is 1. The second-order valence-electron chi connectivity index (χ2n) is 5.09. The summed E-state index contributed by atoms with van der Waals surface area (Å²) in [6.45, 7) is -1.50. The number of aryl methyl sites for hydroxylation is 1. The molecule has 0 saturated heterocycles. The normalized spacial score (nSPS) is 11.3. The highest BCUT2D eigenvalue weighted by Gasteiger charge is 2.32. The number of carbonyl (C=O) groups is 1. The fraction of sp³-hybridized carbons (Fsp3) is 0.312. The Kier molecular flexibility index (Phi) is 4.84. The van der Waals surface area contributed by atoms with Gasteiger partial charge in [-0.25, -0.2) is 4.79 Å². The van der Waals surface area contributed by atoms with E-state index in [0.717, 1.165) is 10.9 Å². The number of halogens is 3. The van der Waals surface area contributed by atoms with Crippen LogP contribution >= 0.6 is 0 Å². The minimum atomic E-state index is -4.48. The molecule has 0 radical (unpaired) electrons. The first-order valence-corrected chi connectivity index (χ1v) is 6.92. The zero-order chi connectivity index (χ0) is 17.0. The van der Waals surface area contributed by atoms with Crippen LogP contribution < -0.4 is 5.32 Å². The van der Waals surface area contributed by atoms with E-state index >= 15 is 0 Å². The number of carbonyl (C=O) groups excluding carboxylic acids is 1. The fourth-order valence-electron chi connectivity index (χ4n) is 2.27. The number of nitrogens with one attached hydrogen (secondary N) is 1. The quantitative estimate of drug-likeness (QED) is 0.858. The number of alkyl halides is 3. The van der Waals surface area contributed by atoms with Crippen molar-refractivity contribution in [1.82, 2.24) is 9.47 Å². The molecule has 0 bridgehead atoms. The lowest BCUT2D eigenvalue weighted by Gasteiger charge is -2.23. The molecule has 0 atom stereocenters. The summed E-state index contributed by atoms with van der Waals surface area (Å²) < 4.78 is 39.7. The van der Waals surface area contributed by atoms with Crippen LogP contribution in [-0.4, -0.2) is 34.8 Å². The predicted octanol–water partition coefficient (Wildman–Crippen LogP) is 3.60. The number of rotatable bonds is 4. The van der Waals surface area contributed by atoms with E-state index in [9.17, 15) is 18.0 Å². The number of nitrogens with zero attached hydrogens (tertiary/aromatic N) is 2. The van der Waals surface area contributed by atoms with Crippen LogP contribution in [0.4, 0.5) is 23.7 Å². The molecule has 0 aliphatic rings.